The van der Waals surface area contributed by atoms with Gasteiger partial charge in [-0.1, -0.05) is 34.1 Å². The average Bonchev–Trinajstić information content (AvgIpc) is 3.34. The van der Waals surface area contributed by atoms with Gasteiger partial charge in [-0.25, -0.2) is 4.79 Å². The van der Waals surface area contributed by atoms with Crippen molar-refractivity contribution in [1.82, 2.24) is 21.3 Å². The lowest BCUT2D eigenvalue weighted by molar-refractivity contribution is -0.119. The van der Waals surface area contributed by atoms with Crippen LogP contribution in [0.1, 0.15) is 73.1 Å². The van der Waals surface area contributed by atoms with Gasteiger partial charge in [0.05, 0.1) is 18.7 Å². The van der Waals surface area contributed by atoms with E-state index in [1.54, 1.807) is 0 Å². The van der Waals surface area contributed by atoms with Crippen molar-refractivity contribution in [2.45, 2.75) is 90.5 Å². The first-order valence-electron chi connectivity index (χ1n) is 12.9. The van der Waals surface area contributed by atoms with Crippen LogP contribution in [-0.4, -0.2) is 84.9 Å². The van der Waals surface area contributed by atoms with Gasteiger partial charge in [-0.2, -0.15) is 11.8 Å². The van der Waals surface area contributed by atoms with Gasteiger partial charge in [0.15, 0.2) is 0 Å². The molecule has 0 aromatic rings. The SMILES string of the molecule is CC(=O)NCCO.CC(C)CCO.CNCCC(C)C.O=CCCCCC1SC[C@@H]2NC(=O)N[C@H]12. The van der Waals surface area contributed by atoms with Gasteiger partial charge < -0.3 is 36.3 Å². The van der Waals surface area contributed by atoms with Crippen LogP contribution in [0.2, 0.25) is 0 Å². The lowest BCUT2D eigenvalue weighted by atomic mass is 10.0. The Kier molecular flexibility index (Phi) is 24.9. The van der Waals surface area contributed by atoms with Gasteiger partial charge in [-0.15, -0.1) is 0 Å². The van der Waals surface area contributed by atoms with Crippen molar-refractivity contribution < 1.29 is 24.6 Å². The smallest absolute Gasteiger partial charge is 0.315 e. The molecule has 208 valence electrons. The number of hydrogen-bond acceptors (Lipinski definition) is 7. The first kappa shape index (κ1) is 35.8. The van der Waals surface area contributed by atoms with Crippen molar-refractivity contribution in [3.8, 4) is 0 Å². The van der Waals surface area contributed by atoms with E-state index < -0.39 is 0 Å². The van der Waals surface area contributed by atoms with Crippen molar-refractivity contribution in [2.75, 3.05) is 39.1 Å². The Balaban J connectivity index is 0. The van der Waals surface area contributed by atoms with Gasteiger partial charge in [0.1, 0.15) is 6.29 Å². The molecular weight excluding hydrogens is 468 g/mol. The summed E-state index contributed by atoms with van der Waals surface area (Å²) in [4.78, 5) is 31.2. The predicted octanol–water partition coefficient (Wildman–Crippen LogP) is 2.30. The zero-order chi connectivity index (χ0) is 27.1. The topological polar surface area (TPSA) is 140 Å². The lowest BCUT2D eigenvalue weighted by Gasteiger charge is -2.15. The standard InChI is InChI=1S/C10H16N2O2S.C6H15N.C5H12O.C4H9NO2/c13-5-3-1-2-4-8-9-7(6-15-8)11-10(14)12-9;1-6(2)4-5-7-3;1-5(2)3-4-6;1-4(7)5-2-3-6/h5,7-9H,1-4,6H2,(H2,11,12,14);6-7H,4-5H2,1-3H3;5-6H,3-4H2,1-2H3;6H,2-3H2,1H3,(H,5,7)/t7-,8?,9-;;;/m0.../s1. The Morgan fingerprint density at radius 2 is 1.74 bits per heavy atom. The second-order valence-corrected chi connectivity index (χ2v) is 10.7. The van der Waals surface area contributed by atoms with Gasteiger partial charge >= 0.3 is 6.03 Å². The molecule has 0 saturated carbocycles. The summed E-state index contributed by atoms with van der Waals surface area (Å²) in [6.07, 6.45) is 7.01. The number of aldehydes is 1. The number of rotatable bonds is 12. The number of carbonyl (C=O) groups excluding carboxylic acids is 3. The van der Waals surface area contributed by atoms with Crippen molar-refractivity contribution in [3.05, 3.63) is 0 Å². The molecule has 2 rings (SSSR count). The number of carbonyl (C=O) groups is 3. The van der Waals surface area contributed by atoms with Crippen LogP contribution in [0.5, 0.6) is 0 Å². The molecule has 0 aromatic carbocycles. The quantitative estimate of drug-likeness (QED) is 0.132. The molecule has 0 radical (unpaired) electrons. The van der Waals surface area contributed by atoms with E-state index >= 15 is 0 Å². The van der Waals surface area contributed by atoms with E-state index in [0.717, 1.165) is 50.2 Å². The highest BCUT2D eigenvalue weighted by atomic mass is 32.2. The molecule has 3 amide bonds. The maximum absolute atomic E-state index is 11.1. The van der Waals surface area contributed by atoms with Crippen LogP contribution in [0.25, 0.3) is 0 Å². The maximum atomic E-state index is 11.1. The van der Waals surface area contributed by atoms with Crippen LogP contribution in [0.4, 0.5) is 4.79 Å². The van der Waals surface area contributed by atoms with E-state index in [1.807, 2.05) is 18.8 Å². The predicted molar refractivity (Wildman–Crippen MR) is 146 cm³/mol. The summed E-state index contributed by atoms with van der Waals surface area (Å²) < 4.78 is 0. The van der Waals surface area contributed by atoms with Gasteiger partial charge in [-0.05, 0) is 51.1 Å². The Morgan fingerprint density at radius 1 is 1.09 bits per heavy atom. The van der Waals surface area contributed by atoms with Crippen molar-refractivity contribution in [2.24, 2.45) is 11.8 Å². The number of urea groups is 1. The van der Waals surface area contributed by atoms with Crippen LogP contribution in [-0.2, 0) is 9.59 Å². The van der Waals surface area contributed by atoms with Crippen LogP contribution >= 0.6 is 11.8 Å². The lowest BCUT2D eigenvalue weighted by Crippen LogP contribution is -2.36. The molecule has 10 heteroatoms. The minimum Gasteiger partial charge on any atom is -0.396 e. The molecule has 2 aliphatic heterocycles. The van der Waals surface area contributed by atoms with Gasteiger partial charge in [-0.3, -0.25) is 4.79 Å². The van der Waals surface area contributed by atoms with E-state index in [4.69, 9.17) is 10.2 Å². The molecule has 6 N–H and O–H groups in total. The van der Waals surface area contributed by atoms with E-state index in [-0.39, 0.29) is 18.5 Å². The first-order chi connectivity index (χ1) is 16.6. The molecule has 0 spiro atoms. The molecule has 1 unspecified atom stereocenters. The number of fused-ring (bicyclic) bond motifs is 1. The molecule has 2 saturated heterocycles. The van der Waals surface area contributed by atoms with Crippen molar-refractivity contribution in [3.63, 3.8) is 0 Å². The minimum atomic E-state index is -0.103. The molecule has 0 aliphatic carbocycles. The van der Waals surface area contributed by atoms with Crippen molar-refractivity contribution in [1.29, 1.82) is 0 Å². The highest BCUT2D eigenvalue weighted by Gasteiger charge is 2.42. The number of unbranched alkanes of at least 4 members (excludes halogenated alkanes) is 2. The third-order valence-corrected chi connectivity index (χ3v) is 6.67. The summed E-state index contributed by atoms with van der Waals surface area (Å²) in [7, 11) is 1.99. The number of hydrogen-bond donors (Lipinski definition) is 6. The number of thioether (sulfide) groups is 1. The number of aliphatic hydroxyl groups excluding tert-OH is 2. The summed E-state index contributed by atoms with van der Waals surface area (Å²) in [5.74, 6) is 2.40. The second-order valence-electron chi connectivity index (χ2n) is 9.47. The average molecular weight is 521 g/mol. The number of nitrogens with one attached hydrogen (secondary N) is 4. The third-order valence-electron chi connectivity index (χ3n) is 5.16. The molecule has 3 atom stereocenters. The normalized spacial score (nSPS) is 19.7. The van der Waals surface area contributed by atoms with Gasteiger partial charge in [0.25, 0.3) is 0 Å². The minimum absolute atomic E-state index is 0.0135. The zero-order valence-corrected chi connectivity index (χ0v) is 23.6. The summed E-state index contributed by atoms with van der Waals surface area (Å²) >= 11 is 1.93. The highest BCUT2D eigenvalue weighted by Crippen LogP contribution is 2.33. The highest BCUT2D eigenvalue weighted by molar-refractivity contribution is 8.00. The second kappa shape index (κ2) is 24.3. The van der Waals surface area contributed by atoms with E-state index in [1.165, 1.54) is 13.3 Å². The molecular formula is C25H52N4O5S. The molecule has 9 nitrogen and oxygen atoms in total. The number of amides is 3. The fourth-order valence-corrected chi connectivity index (χ4v) is 4.68. The fourth-order valence-electron chi connectivity index (χ4n) is 3.14. The Labute approximate surface area is 217 Å². The summed E-state index contributed by atoms with van der Waals surface area (Å²) in [5, 5.41) is 28.3. The first-order valence-corrected chi connectivity index (χ1v) is 13.9. The molecule has 0 bridgehead atoms. The van der Waals surface area contributed by atoms with Crippen LogP contribution in [0.15, 0.2) is 0 Å². The molecule has 0 aromatic heterocycles. The summed E-state index contributed by atoms with van der Waals surface area (Å²) in [5.41, 5.74) is 0. The van der Waals surface area contributed by atoms with Gasteiger partial charge in [0.2, 0.25) is 5.91 Å². The van der Waals surface area contributed by atoms with Crippen molar-refractivity contribution >= 4 is 30.0 Å². The van der Waals surface area contributed by atoms with E-state index in [0.29, 0.717) is 42.8 Å². The monoisotopic (exact) mass is 520 g/mol. The summed E-state index contributed by atoms with van der Waals surface area (Å²) in [6.45, 7) is 11.9. The maximum Gasteiger partial charge on any atom is 0.315 e. The summed E-state index contributed by atoms with van der Waals surface area (Å²) in [6, 6.07) is 0.598. The Bertz CT molecular complexity index is 538. The molecule has 2 heterocycles. The third kappa shape index (κ3) is 22.8. The molecule has 35 heavy (non-hydrogen) atoms. The largest absolute Gasteiger partial charge is 0.396 e. The van der Waals surface area contributed by atoms with Crippen LogP contribution in [0.3, 0.4) is 0 Å². The van der Waals surface area contributed by atoms with E-state index in [2.05, 4.69) is 49.0 Å². The Morgan fingerprint density at radius 3 is 2.14 bits per heavy atom. The van der Waals surface area contributed by atoms with Crippen LogP contribution in [0, 0.1) is 11.8 Å². The van der Waals surface area contributed by atoms with E-state index in [9.17, 15) is 14.4 Å². The zero-order valence-electron chi connectivity index (χ0n) is 22.8. The fraction of sp³-hybridized carbons (Fsp3) is 0.880. The Hall–Kier alpha value is -1.36. The van der Waals surface area contributed by atoms with Gasteiger partial charge in [0, 0.05) is 37.5 Å². The van der Waals surface area contributed by atoms with Crippen LogP contribution < -0.4 is 21.3 Å². The molecule has 2 fully saturated rings. The molecule has 2 aliphatic rings. The number of aliphatic hydroxyl groups is 2.